The summed E-state index contributed by atoms with van der Waals surface area (Å²) in [6.45, 7) is 11.4. The largest absolute Gasteiger partial charge is 0.462 e. The molecule has 2 unspecified atom stereocenters. The second kappa shape index (κ2) is 44.9. The highest BCUT2D eigenvalue weighted by molar-refractivity contribution is 5.71. The minimum absolute atomic E-state index is 0.0647. The maximum atomic E-state index is 12.7. The standard InChI is InChI=1S/C52H100O6/c1-6-9-10-11-12-13-14-15-16-17-18-19-23-26-32-37-42-50(53)56-45-49(58-52(55)44-39-34-29-28-31-36-41-48(5)8-3)46-57-51(54)43-38-33-27-24-21-20-22-25-30-35-40-47(4)7-2/h47-49H,6-46H2,1-5H3/t47?,48?,49-/m1/s1. The highest BCUT2D eigenvalue weighted by Crippen LogP contribution is 2.18. The van der Waals surface area contributed by atoms with Gasteiger partial charge in [0.25, 0.3) is 0 Å². The Balaban J connectivity index is 4.29. The van der Waals surface area contributed by atoms with Crippen LogP contribution >= 0.6 is 0 Å². The molecule has 0 amide bonds. The van der Waals surface area contributed by atoms with E-state index in [2.05, 4.69) is 34.6 Å². The molecule has 0 aliphatic rings. The topological polar surface area (TPSA) is 78.9 Å². The zero-order chi connectivity index (χ0) is 42.6. The molecule has 0 aromatic carbocycles. The molecule has 0 aliphatic heterocycles. The molecule has 6 nitrogen and oxygen atoms in total. The average Bonchev–Trinajstić information content (AvgIpc) is 3.22. The second-order valence-electron chi connectivity index (χ2n) is 18.3. The predicted octanol–water partition coefficient (Wildman–Crippen LogP) is 16.5. The molecule has 0 heterocycles. The van der Waals surface area contributed by atoms with Crippen LogP contribution in [-0.4, -0.2) is 37.2 Å². The first-order chi connectivity index (χ1) is 28.3. The molecule has 3 atom stereocenters. The van der Waals surface area contributed by atoms with Crippen LogP contribution in [0.5, 0.6) is 0 Å². The maximum Gasteiger partial charge on any atom is 0.306 e. The number of unbranched alkanes of at least 4 members (excludes halogenated alkanes) is 29. The predicted molar refractivity (Wildman–Crippen MR) is 247 cm³/mol. The lowest BCUT2D eigenvalue weighted by atomic mass is 9.99. The molecule has 0 rings (SSSR count). The van der Waals surface area contributed by atoms with Crippen molar-refractivity contribution in [1.29, 1.82) is 0 Å². The van der Waals surface area contributed by atoms with Gasteiger partial charge in [-0.3, -0.25) is 14.4 Å². The van der Waals surface area contributed by atoms with Gasteiger partial charge in [-0.05, 0) is 31.1 Å². The van der Waals surface area contributed by atoms with Gasteiger partial charge in [-0.2, -0.15) is 0 Å². The molecule has 6 heteroatoms. The van der Waals surface area contributed by atoms with E-state index in [1.54, 1.807) is 0 Å². The molecule has 0 aromatic heterocycles. The van der Waals surface area contributed by atoms with Crippen LogP contribution in [0.4, 0.5) is 0 Å². The fourth-order valence-electron chi connectivity index (χ4n) is 7.75. The molecule has 0 aliphatic carbocycles. The first kappa shape index (κ1) is 56.4. The number of esters is 3. The summed E-state index contributed by atoms with van der Waals surface area (Å²) < 4.78 is 16.8. The van der Waals surface area contributed by atoms with E-state index in [1.165, 1.54) is 173 Å². The summed E-state index contributed by atoms with van der Waals surface area (Å²) in [5.41, 5.74) is 0. The van der Waals surface area contributed by atoms with Crippen LogP contribution < -0.4 is 0 Å². The van der Waals surface area contributed by atoms with E-state index in [0.717, 1.165) is 69.6 Å². The molecule has 0 bridgehead atoms. The Morgan fingerprint density at radius 2 is 0.603 bits per heavy atom. The summed E-state index contributed by atoms with van der Waals surface area (Å²) in [6.07, 6.45) is 45.1. The second-order valence-corrected chi connectivity index (χ2v) is 18.3. The lowest BCUT2D eigenvalue weighted by Gasteiger charge is -2.18. The maximum absolute atomic E-state index is 12.7. The lowest BCUT2D eigenvalue weighted by molar-refractivity contribution is -0.167. The summed E-state index contributed by atoms with van der Waals surface area (Å²) in [6, 6.07) is 0. The summed E-state index contributed by atoms with van der Waals surface area (Å²) in [5, 5.41) is 0. The van der Waals surface area contributed by atoms with E-state index < -0.39 is 6.10 Å². The van der Waals surface area contributed by atoms with E-state index in [1.807, 2.05) is 0 Å². The molecule has 0 saturated heterocycles. The molecule has 0 N–H and O–H groups in total. The van der Waals surface area contributed by atoms with Gasteiger partial charge in [0.15, 0.2) is 6.10 Å². The van der Waals surface area contributed by atoms with Crippen molar-refractivity contribution in [1.82, 2.24) is 0 Å². The van der Waals surface area contributed by atoms with Crippen LogP contribution in [0.1, 0.15) is 285 Å². The Hall–Kier alpha value is -1.59. The molecule has 0 aromatic rings. The summed E-state index contributed by atoms with van der Waals surface area (Å²) >= 11 is 0. The van der Waals surface area contributed by atoms with Crippen molar-refractivity contribution >= 4 is 17.9 Å². The third kappa shape index (κ3) is 42.5. The van der Waals surface area contributed by atoms with Crippen molar-refractivity contribution in [2.75, 3.05) is 13.2 Å². The molecular weight excluding hydrogens is 721 g/mol. The van der Waals surface area contributed by atoms with Crippen molar-refractivity contribution in [3.8, 4) is 0 Å². The molecule has 0 fully saturated rings. The normalized spacial score (nSPS) is 13.0. The highest BCUT2D eigenvalue weighted by atomic mass is 16.6. The lowest BCUT2D eigenvalue weighted by Crippen LogP contribution is -2.30. The van der Waals surface area contributed by atoms with E-state index in [4.69, 9.17) is 14.2 Å². The van der Waals surface area contributed by atoms with Crippen molar-refractivity contribution in [2.45, 2.75) is 291 Å². The smallest absolute Gasteiger partial charge is 0.306 e. The Bertz CT molecular complexity index is 889. The minimum atomic E-state index is -0.762. The van der Waals surface area contributed by atoms with Gasteiger partial charge < -0.3 is 14.2 Å². The van der Waals surface area contributed by atoms with Crippen molar-refractivity contribution in [3.63, 3.8) is 0 Å². The van der Waals surface area contributed by atoms with E-state index in [-0.39, 0.29) is 31.1 Å². The van der Waals surface area contributed by atoms with Crippen LogP contribution in [0.3, 0.4) is 0 Å². The van der Waals surface area contributed by atoms with Gasteiger partial charge in [0.05, 0.1) is 0 Å². The molecule has 0 saturated carbocycles. The molecule has 58 heavy (non-hydrogen) atoms. The van der Waals surface area contributed by atoms with Gasteiger partial charge in [-0.15, -0.1) is 0 Å². The van der Waals surface area contributed by atoms with Crippen LogP contribution in [0, 0.1) is 11.8 Å². The van der Waals surface area contributed by atoms with Crippen molar-refractivity contribution in [2.24, 2.45) is 11.8 Å². The monoisotopic (exact) mass is 821 g/mol. The number of carbonyl (C=O) groups excluding carboxylic acids is 3. The van der Waals surface area contributed by atoms with E-state index >= 15 is 0 Å². The molecule has 344 valence electrons. The fraction of sp³-hybridized carbons (Fsp3) is 0.942. The fourth-order valence-corrected chi connectivity index (χ4v) is 7.75. The number of rotatable bonds is 46. The summed E-state index contributed by atoms with van der Waals surface area (Å²) in [5.74, 6) is 0.827. The molecular formula is C52H100O6. The Kier molecular flexibility index (Phi) is 43.7. The van der Waals surface area contributed by atoms with E-state index in [0.29, 0.717) is 19.3 Å². The van der Waals surface area contributed by atoms with Gasteiger partial charge in [-0.25, -0.2) is 0 Å². The van der Waals surface area contributed by atoms with Gasteiger partial charge in [0.1, 0.15) is 13.2 Å². The average molecular weight is 821 g/mol. The SMILES string of the molecule is CCCCCCCCCCCCCCCCCCC(=O)OC[C@H](COC(=O)CCCCCCCCCCCCC(C)CC)OC(=O)CCCCCCCCC(C)CC. The van der Waals surface area contributed by atoms with Gasteiger partial charge >= 0.3 is 17.9 Å². The zero-order valence-electron chi connectivity index (χ0n) is 39.7. The van der Waals surface area contributed by atoms with Crippen molar-refractivity contribution in [3.05, 3.63) is 0 Å². The van der Waals surface area contributed by atoms with Crippen LogP contribution in [0.2, 0.25) is 0 Å². The summed E-state index contributed by atoms with van der Waals surface area (Å²) in [7, 11) is 0. The zero-order valence-corrected chi connectivity index (χ0v) is 39.7. The van der Waals surface area contributed by atoms with Gasteiger partial charge in [0.2, 0.25) is 0 Å². The first-order valence-electron chi connectivity index (χ1n) is 25.8. The third-order valence-electron chi connectivity index (χ3n) is 12.4. The van der Waals surface area contributed by atoms with Gasteiger partial charge in [0, 0.05) is 19.3 Å². The van der Waals surface area contributed by atoms with E-state index in [9.17, 15) is 14.4 Å². The van der Waals surface area contributed by atoms with Crippen LogP contribution in [0.15, 0.2) is 0 Å². The summed E-state index contributed by atoms with van der Waals surface area (Å²) in [4.78, 5) is 37.9. The van der Waals surface area contributed by atoms with Crippen LogP contribution in [0.25, 0.3) is 0 Å². The quantitative estimate of drug-likeness (QED) is 0.0346. The van der Waals surface area contributed by atoms with Gasteiger partial charge in [-0.1, -0.05) is 247 Å². The minimum Gasteiger partial charge on any atom is -0.462 e. The number of carbonyl (C=O) groups is 3. The third-order valence-corrected chi connectivity index (χ3v) is 12.4. The molecule has 0 radical (unpaired) electrons. The van der Waals surface area contributed by atoms with Crippen LogP contribution in [-0.2, 0) is 28.6 Å². The number of hydrogen-bond donors (Lipinski definition) is 0. The molecule has 0 spiro atoms. The highest BCUT2D eigenvalue weighted by Gasteiger charge is 2.19. The first-order valence-corrected chi connectivity index (χ1v) is 25.8. The number of ether oxygens (including phenoxy) is 3. The Labute approximate surface area is 361 Å². The Morgan fingerprint density at radius 1 is 0.345 bits per heavy atom. The number of hydrogen-bond acceptors (Lipinski definition) is 6. The Morgan fingerprint density at radius 3 is 0.897 bits per heavy atom. The van der Waals surface area contributed by atoms with Crippen molar-refractivity contribution < 1.29 is 28.6 Å².